The number of aliphatic hydroxyl groups excluding tert-OH is 1. The number of rotatable bonds is 3. The average molecular weight is 243 g/mol. The van der Waals surface area contributed by atoms with Gasteiger partial charge < -0.3 is 5.11 Å². The maximum Gasteiger partial charge on any atom is 0.104 e. The molecule has 2 rings (SSSR count). The van der Waals surface area contributed by atoms with Crippen LogP contribution < -0.4 is 0 Å². The Bertz CT molecular complexity index is 438. The second-order valence-corrected chi connectivity index (χ2v) is 4.97. The lowest BCUT2D eigenvalue weighted by molar-refractivity contribution is 0.237. The van der Waals surface area contributed by atoms with Crippen molar-refractivity contribution >= 4 is 0 Å². The summed E-state index contributed by atoms with van der Waals surface area (Å²) in [4.78, 5) is 2.44. The standard InChI is InChI=1S/C16H21NO/c1-17(16-10-4-5-11-16)13-15-8-3-2-7-14(15)9-6-12-18/h2-3,7-8,16,18H,4-5,10-13H2,1H3. The van der Waals surface area contributed by atoms with E-state index in [-0.39, 0.29) is 6.61 Å². The maximum absolute atomic E-state index is 8.79. The molecule has 0 radical (unpaired) electrons. The zero-order chi connectivity index (χ0) is 12.8. The quantitative estimate of drug-likeness (QED) is 0.824. The van der Waals surface area contributed by atoms with Crippen LogP contribution in [0, 0.1) is 11.8 Å². The first-order valence-electron chi connectivity index (χ1n) is 6.69. The lowest BCUT2D eigenvalue weighted by Gasteiger charge is -2.24. The Morgan fingerprint density at radius 3 is 2.72 bits per heavy atom. The number of nitrogens with zero attached hydrogens (tertiary/aromatic N) is 1. The van der Waals surface area contributed by atoms with Crippen LogP contribution in [-0.2, 0) is 6.54 Å². The van der Waals surface area contributed by atoms with E-state index in [1.807, 2.05) is 12.1 Å². The molecule has 96 valence electrons. The minimum Gasteiger partial charge on any atom is -0.384 e. The molecule has 1 N–H and O–H groups in total. The van der Waals surface area contributed by atoms with Crippen molar-refractivity contribution in [3.05, 3.63) is 35.4 Å². The van der Waals surface area contributed by atoms with Gasteiger partial charge in [0, 0.05) is 18.2 Å². The number of hydrogen-bond donors (Lipinski definition) is 1. The molecule has 1 aliphatic rings. The number of aliphatic hydroxyl groups is 1. The molecule has 0 bridgehead atoms. The predicted molar refractivity (Wildman–Crippen MR) is 74.1 cm³/mol. The van der Waals surface area contributed by atoms with E-state index in [1.165, 1.54) is 31.2 Å². The third kappa shape index (κ3) is 3.35. The highest BCUT2D eigenvalue weighted by molar-refractivity contribution is 5.41. The molecule has 1 aromatic carbocycles. The first kappa shape index (κ1) is 13.1. The third-order valence-corrected chi connectivity index (χ3v) is 3.69. The van der Waals surface area contributed by atoms with Crippen molar-refractivity contribution in [2.75, 3.05) is 13.7 Å². The maximum atomic E-state index is 8.79. The Labute approximate surface area is 110 Å². The minimum atomic E-state index is -0.0766. The summed E-state index contributed by atoms with van der Waals surface area (Å²) in [6.07, 6.45) is 5.36. The summed E-state index contributed by atoms with van der Waals surface area (Å²) in [6.45, 7) is 0.869. The van der Waals surface area contributed by atoms with Gasteiger partial charge in [0.25, 0.3) is 0 Å². The second-order valence-electron chi connectivity index (χ2n) is 4.97. The molecule has 2 nitrogen and oxygen atoms in total. The van der Waals surface area contributed by atoms with E-state index >= 15 is 0 Å². The van der Waals surface area contributed by atoms with Gasteiger partial charge in [-0.15, -0.1) is 0 Å². The van der Waals surface area contributed by atoms with Gasteiger partial charge in [0.05, 0.1) is 0 Å². The topological polar surface area (TPSA) is 23.5 Å². The highest BCUT2D eigenvalue weighted by Crippen LogP contribution is 2.24. The fourth-order valence-corrected chi connectivity index (χ4v) is 2.66. The van der Waals surface area contributed by atoms with Gasteiger partial charge in [-0.25, -0.2) is 0 Å². The van der Waals surface area contributed by atoms with Crippen LogP contribution in [-0.4, -0.2) is 29.7 Å². The van der Waals surface area contributed by atoms with Crippen molar-refractivity contribution in [3.63, 3.8) is 0 Å². The normalized spacial score (nSPS) is 15.7. The van der Waals surface area contributed by atoms with Crippen LogP contribution in [0.2, 0.25) is 0 Å². The Balaban J connectivity index is 2.07. The van der Waals surface area contributed by atoms with E-state index in [0.717, 1.165) is 18.2 Å². The molecule has 0 spiro atoms. The van der Waals surface area contributed by atoms with Crippen molar-refractivity contribution in [2.24, 2.45) is 0 Å². The number of benzene rings is 1. The highest BCUT2D eigenvalue weighted by atomic mass is 16.2. The van der Waals surface area contributed by atoms with Gasteiger partial charge in [0.1, 0.15) is 6.61 Å². The van der Waals surface area contributed by atoms with Crippen molar-refractivity contribution in [1.29, 1.82) is 0 Å². The van der Waals surface area contributed by atoms with Gasteiger partial charge in [-0.3, -0.25) is 4.90 Å². The molecule has 2 heteroatoms. The zero-order valence-corrected chi connectivity index (χ0v) is 11.0. The van der Waals surface area contributed by atoms with Crippen molar-refractivity contribution in [2.45, 2.75) is 38.3 Å². The fourth-order valence-electron chi connectivity index (χ4n) is 2.66. The van der Waals surface area contributed by atoms with Crippen molar-refractivity contribution in [1.82, 2.24) is 4.90 Å². The van der Waals surface area contributed by atoms with Gasteiger partial charge in [-0.1, -0.05) is 42.9 Å². The summed E-state index contributed by atoms with van der Waals surface area (Å²) >= 11 is 0. The summed E-state index contributed by atoms with van der Waals surface area (Å²) in [7, 11) is 2.20. The molecule has 0 aromatic heterocycles. The fraction of sp³-hybridized carbons (Fsp3) is 0.500. The summed E-state index contributed by atoms with van der Waals surface area (Å²) in [5.74, 6) is 5.77. The lowest BCUT2D eigenvalue weighted by Crippen LogP contribution is -2.28. The molecule has 18 heavy (non-hydrogen) atoms. The van der Waals surface area contributed by atoms with Crippen LogP contribution >= 0.6 is 0 Å². The van der Waals surface area contributed by atoms with Crippen LogP contribution in [0.15, 0.2) is 24.3 Å². The summed E-state index contributed by atoms with van der Waals surface area (Å²) in [6, 6.07) is 8.94. The minimum absolute atomic E-state index is 0.0766. The predicted octanol–water partition coefficient (Wildman–Crippen LogP) is 2.40. The van der Waals surface area contributed by atoms with E-state index in [9.17, 15) is 0 Å². The zero-order valence-electron chi connectivity index (χ0n) is 11.0. The second kappa shape index (κ2) is 6.58. The molecule has 0 amide bonds. The summed E-state index contributed by atoms with van der Waals surface area (Å²) in [5, 5.41) is 8.79. The Kier molecular flexibility index (Phi) is 4.81. The third-order valence-electron chi connectivity index (χ3n) is 3.69. The van der Waals surface area contributed by atoms with Crippen LogP contribution in [0.3, 0.4) is 0 Å². The molecule has 1 aromatic rings. The average Bonchev–Trinajstić information content (AvgIpc) is 2.91. The molecule has 0 unspecified atom stereocenters. The summed E-state index contributed by atoms with van der Waals surface area (Å²) < 4.78 is 0. The van der Waals surface area contributed by atoms with Crippen LogP contribution in [0.4, 0.5) is 0 Å². The van der Waals surface area contributed by atoms with E-state index < -0.39 is 0 Å². The van der Waals surface area contributed by atoms with E-state index in [1.54, 1.807) is 0 Å². The van der Waals surface area contributed by atoms with Gasteiger partial charge >= 0.3 is 0 Å². The Hall–Kier alpha value is -1.30. The van der Waals surface area contributed by atoms with E-state index in [2.05, 4.69) is 35.9 Å². The molecule has 0 heterocycles. The first-order chi connectivity index (χ1) is 8.81. The lowest BCUT2D eigenvalue weighted by atomic mass is 10.1. The molecule has 1 saturated carbocycles. The van der Waals surface area contributed by atoms with Gasteiger partial charge in [-0.2, -0.15) is 0 Å². The Morgan fingerprint density at radius 2 is 2.00 bits per heavy atom. The molecule has 0 saturated heterocycles. The van der Waals surface area contributed by atoms with Gasteiger partial charge in [0.2, 0.25) is 0 Å². The van der Waals surface area contributed by atoms with Crippen LogP contribution in [0.5, 0.6) is 0 Å². The van der Waals surface area contributed by atoms with Crippen molar-refractivity contribution in [3.8, 4) is 11.8 Å². The smallest absolute Gasteiger partial charge is 0.104 e. The van der Waals surface area contributed by atoms with E-state index in [0.29, 0.717) is 0 Å². The Morgan fingerprint density at radius 1 is 1.28 bits per heavy atom. The summed E-state index contributed by atoms with van der Waals surface area (Å²) in [5.41, 5.74) is 2.30. The van der Waals surface area contributed by atoms with Crippen molar-refractivity contribution < 1.29 is 5.11 Å². The van der Waals surface area contributed by atoms with E-state index in [4.69, 9.17) is 5.11 Å². The highest BCUT2D eigenvalue weighted by Gasteiger charge is 2.19. The molecule has 0 aliphatic heterocycles. The molecular formula is C16H21NO. The van der Waals surface area contributed by atoms with Gasteiger partial charge in [-0.05, 0) is 31.5 Å². The largest absolute Gasteiger partial charge is 0.384 e. The molecule has 1 fully saturated rings. The van der Waals surface area contributed by atoms with Gasteiger partial charge in [0.15, 0.2) is 0 Å². The molecular weight excluding hydrogens is 222 g/mol. The van der Waals surface area contributed by atoms with Crippen LogP contribution in [0.25, 0.3) is 0 Å². The first-order valence-corrected chi connectivity index (χ1v) is 6.69. The number of hydrogen-bond acceptors (Lipinski definition) is 2. The molecule has 0 atom stereocenters. The monoisotopic (exact) mass is 243 g/mol. The van der Waals surface area contributed by atoms with Crippen LogP contribution in [0.1, 0.15) is 36.8 Å². The SMILES string of the molecule is CN(Cc1ccccc1C#CCO)C1CCCC1. The molecule has 1 aliphatic carbocycles.